The smallest absolute Gasteiger partial charge is 0.319 e. The number of hydrogen-bond donors (Lipinski definition) is 1. The Balaban J connectivity index is 1.81. The van der Waals surface area contributed by atoms with E-state index in [1.165, 1.54) is 16.0 Å². The van der Waals surface area contributed by atoms with Gasteiger partial charge in [-0.3, -0.25) is 9.69 Å². The first kappa shape index (κ1) is 20.1. The van der Waals surface area contributed by atoms with E-state index in [1.54, 1.807) is 6.92 Å². The van der Waals surface area contributed by atoms with Crippen LogP contribution in [-0.4, -0.2) is 16.8 Å². The Kier molecular flexibility index (Phi) is 5.09. The summed E-state index contributed by atoms with van der Waals surface area (Å²) in [5.41, 5.74) is 3.22. The molecule has 1 atom stereocenters. The summed E-state index contributed by atoms with van der Waals surface area (Å²) in [6.45, 7) is 12.8. The quantitative estimate of drug-likeness (QED) is 0.755. The third kappa shape index (κ3) is 3.68. The number of nitrogens with zero attached hydrogens (tertiary/aromatic N) is 1. The van der Waals surface area contributed by atoms with Gasteiger partial charge in [0.15, 0.2) is 0 Å². The molecule has 28 heavy (non-hydrogen) atoms. The normalized spacial score (nSPS) is 20.0. The summed E-state index contributed by atoms with van der Waals surface area (Å²) in [7, 11) is 0. The molecule has 1 N–H and O–H groups in total. The zero-order chi connectivity index (χ0) is 20.7. The molecular formula is C24H30N2O2. The van der Waals surface area contributed by atoms with Gasteiger partial charge in [-0.1, -0.05) is 83.1 Å². The average Bonchev–Trinajstić information content (AvgIpc) is 2.85. The van der Waals surface area contributed by atoms with Gasteiger partial charge in [-0.05, 0) is 40.5 Å². The molecule has 3 amide bonds. The Labute approximate surface area is 167 Å². The van der Waals surface area contributed by atoms with E-state index in [2.05, 4.69) is 52.1 Å². The first-order valence-electron chi connectivity index (χ1n) is 9.86. The van der Waals surface area contributed by atoms with E-state index in [9.17, 15) is 9.59 Å². The molecule has 3 rings (SSSR count). The van der Waals surface area contributed by atoms with E-state index >= 15 is 0 Å². The monoisotopic (exact) mass is 378 g/mol. The van der Waals surface area contributed by atoms with Crippen LogP contribution in [0.3, 0.4) is 0 Å². The summed E-state index contributed by atoms with van der Waals surface area (Å²) in [4.78, 5) is 27.0. The van der Waals surface area contributed by atoms with Crippen molar-refractivity contribution in [2.45, 2.75) is 65.0 Å². The maximum absolute atomic E-state index is 13.1. The lowest BCUT2D eigenvalue weighted by Gasteiger charge is -2.23. The summed E-state index contributed by atoms with van der Waals surface area (Å²) in [5, 5.41) is 2.89. The first-order valence-corrected chi connectivity index (χ1v) is 9.86. The van der Waals surface area contributed by atoms with Gasteiger partial charge in [-0.2, -0.15) is 0 Å². The Bertz CT molecular complexity index is 876. The summed E-state index contributed by atoms with van der Waals surface area (Å²) in [6, 6.07) is 15.7. The number of benzene rings is 2. The van der Waals surface area contributed by atoms with Crippen molar-refractivity contribution < 1.29 is 9.59 Å². The lowest BCUT2D eigenvalue weighted by Crippen LogP contribution is -2.40. The van der Waals surface area contributed by atoms with Crippen molar-refractivity contribution >= 4 is 11.9 Å². The summed E-state index contributed by atoms with van der Waals surface area (Å²) < 4.78 is 0. The van der Waals surface area contributed by atoms with E-state index < -0.39 is 5.54 Å². The molecule has 0 unspecified atom stereocenters. The Morgan fingerprint density at radius 3 is 2.04 bits per heavy atom. The molecule has 0 bridgehead atoms. The van der Waals surface area contributed by atoms with Gasteiger partial charge < -0.3 is 5.32 Å². The van der Waals surface area contributed by atoms with Crippen LogP contribution < -0.4 is 5.32 Å². The van der Waals surface area contributed by atoms with E-state index in [0.717, 1.165) is 11.1 Å². The number of amides is 3. The van der Waals surface area contributed by atoms with Crippen molar-refractivity contribution in [2.75, 3.05) is 0 Å². The Morgan fingerprint density at radius 1 is 0.964 bits per heavy atom. The van der Waals surface area contributed by atoms with Gasteiger partial charge in [0.1, 0.15) is 5.54 Å². The summed E-state index contributed by atoms with van der Waals surface area (Å²) in [5.74, 6) is 0.206. The lowest BCUT2D eigenvalue weighted by molar-refractivity contribution is -0.131. The topological polar surface area (TPSA) is 49.4 Å². The molecule has 2 aromatic carbocycles. The fraction of sp³-hybridized carbons (Fsp3) is 0.417. The van der Waals surface area contributed by atoms with E-state index in [0.29, 0.717) is 5.92 Å². The van der Waals surface area contributed by atoms with Crippen LogP contribution in [0.25, 0.3) is 0 Å². The molecule has 148 valence electrons. The van der Waals surface area contributed by atoms with Crippen LogP contribution in [0.5, 0.6) is 0 Å². The van der Waals surface area contributed by atoms with Gasteiger partial charge >= 0.3 is 6.03 Å². The van der Waals surface area contributed by atoms with Gasteiger partial charge in [0.2, 0.25) is 0 Å². The number of nitrogens with one attached hydrogen (secondary N) is 1. The number of urea groups is 1. The minimum atomic E-state index is -1.03. The van der Waals surface area contributed by atoms with Crippen LogP contribution in [0.1, 0.15) is 69.7 Å². The van der Waals surface area contributed by atoms with E-state index in [1.807, 2.05) is 36.4 Å². The predicted octanol–water partition coefficient (Wildman–Crippen LogP) is 5.07. The van der Waals surface area contributed by atoms with Gasteiger partial charge in [0.25, 0.3) is 5.91 Å². The van der Waals surface area contributed by atoms with Gasteiger partial charge in [0.05, 0.1) is 6.54 Å². The number of carbonyl (C=O) groups excluding carboxylic acids is 2. The zero-order valence-electron chi connectivity index (χ0n) is 17.7. The van der Waals surface area contributed by atoms with Gasteiger partial charge in [0, 0.05) is 0 Å². The molecule has 0 radical (unpaired) electrons. The van der Waals surface area contributed by atoms with Crippen molar-refractivity contribution in [2.24, 2.45) is 0 Å². The third-order valence-electron chi connectivity index (χ3n) is 5.59. The number of imide groups is 1. The van der Waals surface area contributed by atoms with Crippen LogP contribution in [-0.2, 0) is 22.3 Å². The molecule has 4 heteroatoms. The highest BCUT2D eigenvalue weighted by Gasteiger charge is 2.48. The molecule has 4 nitrogen and oxygen atoms in total. The number of carbonyl (C=O) groups is 2. The first-order chi connectivity index (χ1) is 13.0. The van der Waals surface area contributed by atoms with E-state index in [4.69, 9.17) is 0 Å². The molecule has 1 aliphatic heterocycles. The third-order valence-corrected chi connectivity index (χ3v) is 5.59. The Morgan fingerprint density at radius 2 is 1.54 bits per heavy atom. The molecule has 0 spiro atoms. The SMILES string of the molecule is CC(C)c1ccc([C@]2(C)NC(=O)N(Cc3ccc(C(C)(C)C)cc3)C2=O)cc1. The summed E-state index contributed by atoms with van der Waals surface area (Å²) in [6.07, 6.45) is 0. The predicted molar refractivity (Wildman–Crippen MR) is 112 cm³/mol. The van der Waals surface area contributed by atoms with Gasteiger partial charge in [-0.15, -0.1) is 0 Å². The van der Waals surface area contributed by atoms with E-state index in [-0.39, 0.29) is 23.9 Å². The van der Waals surface area contributed by atoms with Gasteiger partial charge in [-0.25, -0.2) is 4.79 Å². The molecular weight excluding hydrogens is 348 g/mol. The maximum Gasteiger partial charge on any atom is 0.325 e. The lowest BCUT2D eigenvalue weighted by atomic mass is 9.86. The molecule has 0 aliphatic carbocycles. The van der Waals surface area contributed by atoms with Crippen molar-refractivity contribution in [1.29, 1.82) is 0 Å². The van der Waals surface area contributed by atoms with Crippen LogP contribution >= 0.6 is 0 Å². The summed E-state index contributed by atoms with van der Waals surface area (Å²) >= 11 is 0. The van der Waals surface area contributed by atoms with Crippen LogP contribution in [0.4, 0.5) is 4.79 Å². The highest BCUT2D eigenvalue weighted by atomic mass is 16.2. The van der Waals surface area contributed by atoms with Crippen molar-refractivity contribution in [3.05, 3.63) is 70.8 Å². The number of hydrogen-bond acceptors (Lipinski definition) is 2. The molecule has 0 aromatic heterocycles. The molecule has 1 fully saturated rings. The van der Waals surface area contributed by atoms with Crippen LogP contribution in [0.2, 0.25) is 0 Å². The molecule has 0 saturated carbocycles. The fourth-order valence-electron chi connectivity index (χ4n) is 3.53. The highest BCUT2D eigenvalue weighted by molar-refractivity contribution is 6.07. The minimum absolute atomic E-state index is 0.0695. The van der Waals surface area contributed by atoms with Crippen molar-refractivity contribution in [3.63, 3.8) is 0 Å². The average molecular weight is 379 g/mol. The van der Waals surface area contributed by atoms with Crippen LogP contribution in [0.15, 0.2) is 48.5 Å². The molecule has 1 saturated heterocycles. The van der Waals surface area contributed by atoms with Crippen molar-refractivity contribution in [3.8, 4) is 0 Å². The zero-order valence-corrected chi connectivity index (χ0v) is 17.7. The second kappa shape index (κ2) is 7.08. The second-order valence-corrected chi connectivity index (χ2v) is 9.17. The molecule has 1 aliphatic rings. The maximum atomic E-state index is 13.1. The molecule has 2 aromatic rings. The largest absolute Gasteiger partial charge is 0.325 e. The fourth-order valence-corrected chi connectivity index (χ4v) is 3.53. The second-order valence-electron chi connectivity index (χ2n) is 9.17. The highest BCUT2D eigenvalue weighted by Crippen LogP contribution is 2.31. The standard InChI is InChI=1S/C24H30N2O2/c1-16(2)18-9-13-20(14-10-18)24(6)21(27)26(22(28)25-24)15-17-7-11-19(12-8-17)23(3,4)5/h7-14,16H,15H2,1-6H3,(H,25,28)/t24-/m0/s1. The molecule has 1 heterocycles. The van der Waals surface area contributed by atoms with Crippen LogP contribution in [0, 0.1) is 0 Å². The number of rotatable bonds is 4. The minimum Gasteiger partial charge on any atom is -0.319 e. The Hall–Kier alpha value is -2.62. The van der Waals surface area contributed by atoms with Crippen molar-refractivity contribution in [1.82, 2.24) is 10.2 Å².